The molecule has 0 heterocycles. The van der Waals surface area contributed by atoms with Crippen LogP contribution >= 0.6 is 0 Å². The summed E-state index contributed by atoms with van der Waals surface area (Å²) in [6.07, 6.45) is 9.91. The number of benzene rings is 2. The number of phenols is 2. The number of aryl methyl sites for hydroxylation is 2. The third kappa shape index (κ3) is 14.2. The first kappa shape index (κ1) is 39.8. The smallest absolute Gasteiger partial charge is 0.550 e. The molecule has 0 bridgehead atoms. The van der Waals surface area contributed by atoms with E-state index < -0.39 is 11.9 Å². The maximum absolute atomic E-state index is 10.6. The standard InChI is InChI=1S/C30H42N2O2.2C2H4O2.Co/c1-7-19(3)23-12-21(5)29(33)25(14-23)17-31-27-10-9-11-28(16-27)32-18-26-15-24(20(4)8-2)13-22(6)30(26)34;2*1-2(3)4;/h12-15,17-20,27-28,33-34H,7-11,16H2,1-6H3;2*1H3,(H,3,4);/q;;;+2/p-2. The van der Waals surface area contributed by atoms with E-state index in [1.165, 1.54) is 11.1 Å². The molecular weight excluding hydrogens is 591 g/mol. The number of hydrogen-bond donors (Lipinski definition) is 2. The van der Waals surface area contributed by atoms with Crippen molar-refractivity contribution < 1.29 is 46.8 Å². The molecule has 1 aliphatic carbocycles. The molecule has 4 atom stereocenters. The van der Waals surface area contributed by atoms with Gasteiger partial charge in [0.15, 0.2) is 0 Å². The molecule has 0 amide bonds. The zero-order chi connectivity index (χ0) is 32.0. The van der Waals surface area contributed by atoms with Gasteiger partial charge in [-0.15, -0.1) is 0 Å². The number of nitrogens with zero attached hydrogens (tertiary/aromatic N) is 2. The monoisotopic (exact) mass is 639 g/mol. The number of carbonyl (C=O) groups excluding carboxylic acids is 2. The predicted molar refractivity (Wildman–Crippen MR) is 166 cm³/mol. The number of aliphatic carboxylic acids is 2. The van der Waals surface area contributed by atoms with Gasteiger partial charge < -0.3 is 30.0 Å². The van der Waals surface area contributed by atoms with Crippen LogP contribution in [-0.4, -0.2) is 46.7 Å². The van der Waals surface area contributed by atoms with Crippen molar-refractivity contribution in [2.45, 2.75) is 118 Å². The second-order valence-corrected chi connectivity index (χ2v) is 11.2. The second-order valence-electron chi connectivity index (χ2n) is 11.2. The van der Waals surface area contributed by atoms with E-state index in [1.807, 2.05) is 26.3 Å². The number of aliphatic imine (C=N–C) groups is 2. The molecule has 3 rings (SSSR count). The minimum atomic E-state index is -1.08. The molecule has 1 radical (unpaired) electrons. The van der Waals surface area contributed by atoms with Crippen molar-refractivity contribution in [1.82, 2.24) is 0 Å². The molecule has 4 unspecified atom stereocenters. The van der Waals surface area contributed by atoms with E-state index in [2.05, 4.69) is 52.0 Å². The van der Waals surface area contributed by atoms with Gasteiger partial charge in [0.1, 0.15) is 11.5 Å². The second kappa shape index (κ2) is 19.9. The van der Waals surface area contributed by atoms with Gasteiger partial charge in [0, 0.05) is 35.5 Å². The Bertz CT molecular complexity index is 1140. The average molecular weight is 640 g/mol. The number of carboxylic acids is 2. The number of aromatic hydroxyl groups is 2. The average Bonchev–Trinajstić information content (AvgIpc) is 2.93. The SMILES string of the molecule is CC(=O)[O-].CC(=O)[O-].CCC(C)c1cc(C)c(O)c(C=NC2CCCC(N=Cc3cc(C(C)CC)cc(C)c3O)C2)c1.[Co+2]. The Balaban J connectivity index is 0.00000174. The Labute approximate surface area is 267 Å². The van der Waals surface area contributed by atoms with Crippen molar-refractivity contribution in [3.05, 3.63) is 57.6 Å². The van der Waals surface area contributed by atoms with Crippen LogP contribution in [0.15, 0.2) is 34.3 Å². The normalized spacial score (nSPS) is 17.6. The molecule has 1 aliphatic rings. The third-order valence-corrected chi connectivity index (χ3v) is 7.54. The van der Waals surface area contributed by atoms with Gasteiger partial charge in [0.25, 0.3) is 0 Å². The van der Waals surface area contributed by atoms with Crippen molar-refractivity contribution in [2.24, 2.45) is 9.98 Å². The van der Waals surface area contributed by atoms with Crippen LogP contribution in [0.3, 0.4) is 0 Å². The van der Waals surface area contributed by atoms with Crippen molar-refractivity contribution in [2.75, 3.05) is 0 Å². The molecule has 1 saturated carbocycles. The van der Waals surface area contributed by atoms with E-state index in [0.717, 1.165) is 74.6 Å². The Morgan fingerprint density at radius 3 is 1.44 bits per heavy atom. The van der Waals surface area contributed by atoms with Crippen LogP contribution in [0.2, 0.25) is 0 Å². The number of carboxylic acid groups (broad SMARTS) is 2. The van der Waals surface area contributed by atoms with Gasteiger partial charge in [-0.25, -0.2) is 0 Å². The molecule has 2 aromatic rings. The molecule has 0 saturated heterocycles. The van der Waals surface area contributed by atoms with Gasteiger partial charge in [0.05, 0.1) is 12.1 Å². The molecule has 0 spiro atoms. The van der Waals surface area contributed by atoms with Crippen LogP contribution in [-0.2, 0) is 26.4 Å². The summed E-state index contributed by atoms with van der Waals surface area (Å²) in [5.74, 6) is -0.598. The van der Waals surface area contributed by atoms with Crippen LogP contribution in [0.4, 0.5) is 0 Å². The summed E-state index contributed by atoms with van der Waals surface area (Å²) in [7, 11) is 0. The Morgan fingerprint density at radius 2 is 1.14 bits per heavy atom. The van der Waals surface area contributed by atoms with Crippen LogP contribution in [0.5, 0.6) is 11.5 Å². The maximum Gasteiger partial charge on any atom is 2.00 e. The predicted octanol–water partition coefficient (Wildman–Crippen LogP) is 5.10. The van der Waals surface area contributed by atoms with Crippen LogP contribution < -0.4 is 10.2 Å². The summed E-state index contributed by atoms with van der Waals surface area (Å²) in [6, 6.07) is 8.72. The van der Waals surface area contributed by atoms with Crippen LogP contribution in [0.25, 0.3) is 0 Å². The van der Waals surface area contributed by atoms with Gasteiger partial charge in [-0.2, -0.15) is 0 Å². The summed E-state index contributed by atoms with van der Waals surface area (Å²) in [4.78, 5) is 27.5. The third-order valence-electron chi connectivity index (χ3n) is 7.54. The van der Waals surface area contributed by atoms with Gasteiger partial charge in [-0.3, -0.25) is 9.98 Å². The summed E-state index contributed by atoms with van der Waals surface area (Å²) < 4.78 is 0. The van der Waals surface area contributed by atoms with Crippen molar-refractivity contribution in [1.29, 1.82) is 0 Å². The van der Waals surface area contributed by atoms with E-state index in [1.54, 1.807) is 0 Å². The van der Waals surface area contributed by atoms with E-state index in [9.17, 15) is 10.2 Å². The van der Waals surface area contributed by atoms with Gasteiger partial charge >= 0.3 is 16.8 Å². The number of phenolic OH excluding ortho intramolecular Hbond substituents is 2. The van der Waals surface area contributed by atoms with Crippen LogP contribution in [0, 0.1) is 13.8 Å². The maximum atomic E-state index is 10.6. The Hall–Kier alpha value is -3.17. The van der Waals surface area contributed by atoms with Crippen molar-refractivity contribution in [3.63, 3.8) is 0 Å². The molecule has 0 aromatic heterocycles. The van der Waals surface area contributed by atoms with Gasteiger partial charge in [-0.05, 0) is 112 Å². The van der Waals surface area contributed by atoms with E-state index in [-0.39, 0.29) is 28.9 Å². The molecule has 8 nitrogen and oxygen atoms in total. The summed E-state index contributed by atoms with van der Waals surface area (Å²) in [6.45, 7) is 14.7. The molecular formula is C34H48CoN2O6. The van der Waals surface area contributed by atoms with E-state index >= 15 is 0 Å². The number of carbonyl (C=O) groups is 2. The van der Waals surface area contributed by atoms with Crippen LogP contribution in [0.1, 0.15) is 125 Å². The largest absolute Gasteiger partial charge is 2.00 e. The first-order valence-corrected chi connectivity index (χ1v) is 14.8. The molecule has 1 fully saturated rings. The number of hydrogen-bond acceptors (Lipinski definition) is 8. The molecule has 239 valence electrons. The first-order chi connectivity index (χ1) is 19.7. The molecule has 2 aromatic carbocycles. The Kier molecular flexibility index (Phi) is 18.4. The summed E-state index contributed by atoms with van der Waals surface area (Å²) >= 11 is 0. The first-order valence-electron chi connectivity index (χ1n) is 14.8. The van der Waals surface area contributed by atoms with E-state index in [0.29, 0.717) is 23.3 Å². The minimum Gasteiger partial charge on any atom is -0.550 e. The fraction of sp³-hybridized carbons (Fsp3) is 0.529. The fourth-order valence-electron chi connectivity index (χ4n) is 4.69. The zero-order valence-electron chi connectivity index (χ0n) is 26.8. The molecule has 43 heavy (non-hydrogen) atoms. The summed E-state index contributed by atoms with van der Waals surface area (Å²) in [5.41, 5.74) is 5.92. The Morgan fingerprint density at radius 1 is 0.814 bits per heavy atom. The zero-order valence-corrected chi connectivity index (χ0v) is 27.8. The topological polar surface area (TPSA) is 145 Å². The van der Waals surface area contributed by atoms with Crippen molar-refractivity contribution >= 4 is 24.4 Å². The fourth-order valence-corrected chi connectivity index (χ4v) is 4.69. The quantitative estimate of drug-likeness (QED) is 0.385. The molecule has 9 heteroatoms. The number of rotatable bonds is 8. The molecule has 0 aliphatic heterocycles. The molecule has 2 N–H and O–H groups in total. The van der Waals surface area contributed by atoms with Gasteiger partial charge in [0.2, 0.25) is 0 Å². The summed E-state index contributed by atoms with van der Waals surface area (Å²) in [5, 5.41) is 38.9. The van der Waals surface area contributed by atoms with Crippen molar-refractivity contribution in [3.8, 4) is 11.5 Å². The minimum absolute atomic E-state index is 0. The van der Waals surface area contributed by atoms with Gasteiger partial charge in [-0.1, -0.05) is 39.8 Å². The van der Waals surface area contributed by atoms with E-state index in [4.69, 9.17) is 29.8 Å².